The van der Waals surface area contributed by atoms with Gasteiger partial charge in [-0.05, 0) is 177 Å². The zero-order valence-electron chi connectivity index (χ0n) is 52.2. The third kappa shape index (κ3) is 13.5. The van der Waals surface area contributed by atoms with E-state index in [-0.39, 0.29) is 23.9 Å². The number of amides is 5. The molecule has 2 aliphatic heterocycles. The quantitative estimate of drug-likeness (QED) is 0.0474. The van der Waals surface area contributed by atoms with Gasteiger partial charge < -0.3 is 15.2 Å². The van der Waals surface area contributed by atoms with E-state index in [0.29, 0.717) is 65.4 Å². The van der Waals surface area contributed by atoms with Gasteiger partial charge in [-0.25, -0.2) is 38.6 Å². The van der Waals surface area contributed by atoms with Crippen LogP contribution in [0, 0.1) is 54.3 Å². The standard InChI is InChI=1S/C27H25N3O2.C20H17N3O2.C13H17NO2.C8H4N2O.C7H7Br/c1-19-8-12-23(13-9-19)29-25(31)30(24-14-10-22(28-3)11-15-24)27(32,26(29)16-5-17-26)21-7-4-6-20(2)18-21;1-14-4-8-17(9-5-14)23-19(25)22(18(24)20(23)12-3-13-20)16-10-6-15(21-2)7-11-16;1-10-4-6-11(7-5-10)14-13(8-3-9-13)12(15)16-2;1-9-7-2-4-8(5-3-7)10-6-11;1-6-3-2-4-7(8)5-6/h4,6-15,18,32H,5,16-17H2,1-2H3;4-11H,3,12-13H2,1H3;4-7,14H,3,8-9H2,1-2H3;2-5H;2-5H,1H3. The first-order valence-corrected chi connectivity index (χ1v) is 31.0. The molecule has 3 saturated carbocycles. The highest BCUT2D eigenvalue weighted by molar-refractivity contribution is 9.10. The van der Waals surface area contributed by atoms with Crippen LogP contribution in [0.2, 0.25) is 0 Å². The lowest BCUT2D eigenvalue weighted by molar-refractivity contribution is -0.149. The fraction of sp³-hybridized carbons (Fsp3) is 0.253. The van der Waals surface area contributed by atoms with Crippen molar-refractivity contribution in [2.75, 3.05) is 32.0 Å². The lowest BCUT2D eigenvalue weighted by atomic mass is 9.66. The largest absolute Gasteiger partial charge is 0.467 e. The van der Waals surface area contributed by atoms with Crippen molar-refractivity contribution in [1.82, 2.24) is 0 Å². The second kappa shape index (κ2) is 28.6. The highest BCUT2D eigenvalue weighted by Crippen LogP contribution is 2.59. The molecule has 17 heteroatoms. The first-order valence-electron chi connectivity index (χ1n) is 30.2. The summed E-state index contributed by atoms with van der Waals surface area (Å²) in [4.78, 5) is 81.4. The number of aliphatic imine (C=N–C) groups is 1. The van der Waals surface area contributed by atoms with Crippen molar-refractivity contribution in [1.29, 1.82) is 0 Å². The smallest absolute Gasteiger partial charge is 0.336 e. The maximum Gasteiger partial charge on any atom is 0.336 e. The van der Waals surface area contributed by atoms with E-state index in [2.05, 4.69) is 59.8 Å². The maximum absolute atomic E-state index is 14.1. The minimum absolute atomic E-state index is 0.153. The number of carbonyl (C=O) groups is 4. The number of halogens is 1. The molecule has 2 N–H and O–H groups in total. The molecule has 2 saturated heterocycles. The molecule has 16 nitrogen and oxygen atoms in total. The van der Waals surface area contributed by atoms with E-state index >= 15 is 0 Å². The monoisotopic (exact) mass is 1290 g/mol. The van der Waals surface area contributed by atoms with Gasteiger partial charge in [0, 0.05) is 32.8 Å². The second-order valence-electron chi connectivity index (χ2n) is 23.5. The van der Waals surface area contributed by atoms with Crippen molar-refractivity contribution < 1.29 is 33.8 Å². The van der Waals surface area contributed by atoms with E-state index in [0.717, 1.165) is 70.3 Å². The summed E-state index contributed by atoms with van der Waals surface area (Å²) in [6, 6.07) is 58.9. The Labute approximate surface area is 546 Å². The number of nitrogens with zero attached hydrogens (tertiary/aromatic N) is 8. The number of aliphatic hydroxyl groups is 1. The van der Waals surface area contributed by atoms with Gasteiger partial charge in [-0.3, -0.25) is 19.5 Å². The first kappa shape index (κ1) is 66.0. The van der Waals surface area contributed by atoms with Gasteiger partial charge in [-0.1, -0.05) is 153 Å². The molecule has 2 heterocycles. The van der Waals surface area contributed by atoms with E-state index in [1.165, 1.54) is 34.1 Å². The summed E-state index contributed by atoms with van der Waals surface area (Å²) in [6.07, 6.45) is 8.85. The normalized spacial score (nSPS) is 17.2. The Morgan fingerprint density at radius 1 is 0.543 bits per heavy atom. The zero-order valence-corrected chi connectivity index (χ0v) is 53.8. The van der Waals surface area contributed by atoms with E-state index in [4.69, 9.17) is 24.5 Å². The minimum Gasteiger partial charge on any atom is -0.467 e. The van der Waals surface area contributed by atoms with Crippen molar-refractivity contribution in [3.8, 4) is 0 Å². The molecule has 2 spiro atoms. The number of benzene rings is 8. The van der Waals surface area contributed by atoms with Gasteiger partial charge in [-0.2, -0.15) is 4.99 Å². The van der Waals surface area contributed by atoms with Crippen LogP contribution in [0.25, 0.3) is 14.5 Å². The van der Waals surface area contributed by atoms with Gasteiger partial charge >= 0.3 is 18.0 Å². The predicted octanol–water partition coefficient (Wildman–Crippen LogP) is 18.0. The number of methoxy groups -OCH3 is 1. The Morgan fingerprint density at radius 3 is 1.40 bits per heavy atom. The van der Waals surface area contributed by atoms with Gasteiger partial charge in [0.1, 0.15) is 16.6 Å². The number of imide groups is 1. The average molecular weight is 1290 g/mol. The van der Waals surface area contributed by atoms with Gasteiger partial charge in [0.15, 0.2) is 22.8 Å². The summed E-state index contributed by atoms with van der Waals surface area (Å²) in [5.74, 6) is -0.320. The summed E-state index contributed by atoms with van der Waals surface area (Å²) in [6.45, 7) is 31.0. The molecule has 5 fully saturated rings. The first-order chi connectivity index (χ1) is 44.3. The number of ether oxygens (including phenoxy) is 1. The van der Waals surface area contributed by atoms with Crippen LogP contribution in [0.15, 0.2) is 204 Å². The SMILES string of the molecule is COC(=O)C1(Nc2ccc(C)cc2)CCC1.Cc1cccc(Br)c1.[C-]#[N+]c1ccc(N2C(=O)N(c3ccc(C)cc3)C3(CCC3)C2(O)c2cccc(C)c2)cc1.[C-]#[N+]c1ccc(N2C(=O)N(c3ccc(C)cc3)C3(CCC3)C2=O)cc1.[C-]#[N+]c1ccc(N=C=O)cc1. The highest BCUT2D eigenvalue weighted by atomic mass is 79.9. The minimum atomic E-state index is -1.54. The Bertz CT molecular complexity index is 4140. The number of aryl methyl sites for hydroxylation is 5. The van der Waals surface area contributed by atoms with Gasteiger partial charge in [0.25, 0.3) is 5.91 Å². The van der Waals surface area contributed by atoms with Gasteiger partial charge in [0.05, 0.1) is 38.2 Å². The summed E-state index contributed by atoms with van der Waals surface area (Å²) >= 11 is 3.36. The van der Waals surface area contributed by atoms with Crippen LogP contribution < -0.4 is 24.9 Å². The Balaban J connectivity index is 0.000000147. The Hall–Kier alpha value is -10.5. The van der Waals surface area contributed by atoms with Crippen molar-refractivity contribution in [3.63, 3.8) is 0 Å². The molecule has 1 unspecified atom stereocenters. The van der Waals surface area contributed by atoms with Crippen molar-refractivity contribution in [3.05, 3.63) is 266 Å². The van der Waals surface area contributed by atoms with Crippen LogP contribution in [-0.4, -0.2) is 58.9 Å². The molecule has 0 aromatic heterocycles. The molecule has 3 aliphatic carbocycles. The van der Waals surface area contributed by atoms with Crippen LogP contribution in [0.4, 0.5) is 60.8 Å². The molecule has 8 aromatic rings. The average Bonchev–Trinajstić information content (AvgIpc) is 1.51. The van der Waals surface area contributed by atoms with Crippen molar-refractivity contribution in [2.45, 2.75) is 115 Å². The molecular weight excluding hydrogens is 1220 g/mol. The maximum atomic E-state index is 14.1. The topological polar surface area (TPSA) is 165 Å². The van der Waals surface area contributed by atoms with Gasteiger partial charge in [0.2, 0.25) is 6.08 Å². The van der Waals surface area contributed by atoms with E-state index < -0.39 is 22.3 Å². The number of rotatable bonds is 9. The predicted molar refractivity (Wildman–Crippen MR) is 364 cm³/mol. The van der Waals surface area contributed by atoms with Crippen LogP contribution in [0.1, 0.15) is 91.2 Å². The second-order valence-corrected chi connectivity index (χ2v) is 24.4. The Kier molecular flexibility index (Phi) is 20.5. The summed E-state index contributed by atoms with van der Waals surface area (Å²) in [5.41, 5.74) is 8.54. The number of nitrogens with one attached hydrogen (secondary N) is 1. The Morgan fingerprint density at radius 2 is 0.989 bits per heavy atom. The molecule has 13 rings (SSSR count). The number of hydrogen-bond acceptors (Lipinski definition) is 9. The van der Waals surface area contributed by atoms with E-state index in [9.17, 15) is 29.1 Å². The molecular formula is C75H70BrN9O7. The summed E-state index contributed by atoms with van der Waals surface area (Å²) in [7, 11) is 1.44. The molecule has 5 aliphatic rings. The highest BCUT2D eigenvalue weighted by Gasteiger charge is 2.70. The summed E-state index contributed by atoms with van der Waals surface area (Å²) in [5, 5.41) is 15.9. The third-order valence-electron chi connectivity index (χ3n) is 17.4. The molecule has 464 valence electrons. The van der Waals surface area contributed by atoms with Crippen LogP contribution in [0.5, 0.6) is 0 Å². The molecule has 92 heavy (non-hydrogen) atoms. The van der Waals surface area contributed by atoms with Crippen molar-refractivity contribution in [2.24, 2.45) is 4.99 Å². The number of hydrogen-bond donors (Lipinski definition) is 2. The van der Waals surface area contributed by atoms with Crippen LogP contribution >= 0.6 is 15.9 Å². The number of urea groups is 2. The van der Waals surface area contributed by atoms with E-state index in [1.54, 1.807) is 82.6 Å². The molecule has 1 atom stereocenters. The van der Waals surface area contributed by atoms with Crippen molar-refractivity contribution >= 4 is 97.1 Å². The van der Waals surface area contributed by atoms with Crippen LogP contribution in [0.3, 0.4) is 0 Å². The molecule has 0 bridgehead atoms. The number of isocyanates is 1. The van der Waals surface area contributed by atoms with E-state index in [1.807, 2.05) is 137 Å². The van der Waals surface area contributed by atoms with Crippen LogP contribution in [-0.2, 0) is 24.8 Å². The zero-order chi connectivity index (χ0) is 65.8. The summed E-state index contributed by atoms with van der Waals surface area (Å²) < 4.78 is 6.00. The fourth-order valence-electron chi connectivity index (χ4n) is 12.0. The number of carbonyl (C=O) groups excluding carboxylic acids is 5. The molecule has 8 aromatic carbocycles. The molecule has 0 radical (unpaired) electrons. The lowest BCUT2D eigenvalue weighted by Crippen LogP contribution is -2.63. The number of anilines is 5. The third-order valence-corrected chi connectivity index (χ3v) is 17.9. The lowest BCUT2D eigenvalue weighted by Gasteiger charge is -2.52. The van der Waals surface area contributed by atoms with Gasteiger partial charge in [-0.15, -0.1) is 0 Å². The number of esters is 1. The fourth-order valence-corrected chi connectivity index (χ4v) is 12.5. The molecule has 5 amide bonds.